The van der Waals surface area contributed by atoms with Crippen LogP contribution in [0.3, 0.4) is 0 Å². The number of carbonyl (C=O) groups is 1. The minimum Gasteiger partial charge on any atom is -0.507 e. The number of methoxy groups -OCH3 is 1. The van der Waals surface area contributed by atoms with E-state index in [4.69, 9.17) is 16.3 Å². The number of halogens is 1. The Morgan fingerprint density at radius 2 is 2.04 bits per heavy atom. The first-order chi connectivity index (χ1) is 13.1. The van der Waals surface area contributed by atoms with E-state index < -0.39 is 0 Å². The van der Waals surface area contributed by atoms with Gasteiger partial charge in [0.1, 0.15) is 17.1 Å². The number of hydrogen-bond acceptors (Lipinski definition) is 4. The summed E-state index contributed by atoms with van der Waals surface area (Å²) in [6.45, 7) is 0.864. The minimum atomic E-state index is -0.323. The zero-order valence-electron chi connectivity index (χ0n) is 14.6. The van der Waals surface area contributed by atoms with Gasteiger partial charge in [0.05, 0.1) is 12.6 Å². The molecule has 1 aliphatic heterocycles. The van der Waals surface area contributed by atoms with Crippen LogP contribution in [0.25, 0.3) is 11.3 Å². The summed E-state index contributed by atoms with van der Waals surface area (Å²) in [5, 5.41) is 18.0. The van der Waals surface area contributed by atoms with Gasteiger partial charge in [0.15, 0.2) is 0 Å². The van der Waals surface area contributed by atoms with E-state index in [9.17, 15) is 9.90 Å². The van der Waals surface area contributed by atoms with Crippen molar-refractivity contribution in [3.63, 3.8) is 0 Å². The van der Waals surface area contributed by atoms with E-state index in [1.807, 2.05) is 30.3 Å². The van der Waals surface area contributed by atoms with E-state index in [2.05, 4.69) is 10.2 Å². The fourth-order valence-corrected chi connectivity index (χ4v) is 3.67. The van der Waals surface area contributed by atoms with E-state index in [0.717, 1.165) is 11.1 Å². The van der Waals surface area contributed by atoms with Crippen molar-refractivity contribution in [2.45, 2.75) is 6.04 Å². The first kappa shape index (κ1) is 17.6. The number of ether oxygens (including phenoxy) is 1. The van der Waals surface area contributed by atoms with E-state index in [1.165, 1.54) is 6.07 Å². The number of amides is 1. The van der Waals surface area contributed by atoms with Crippen molar-refractivity contribution in [2.75, 3.05) is 20.3 Å². The van der Waals surface area contributed by atoms with Gasteiger partial charge < -0.3 is 14.7 Å². The monoisotopic (exact) mass is 383 g/mol. The molecule has 1 unspecified atom stereocenters. The lowest BCUT2D eigenvalue weighted by molar-refractivity contribution is 0.0677. The van der Waals surface area contributed by atoms with Gasteiger partial charge in [0.2, 0.25) is 0 Å². The molecule has 1 aliphatic rings. The maximum absolute atomic E-state index is 13.0. The smallest absolute Gasteiger partial charge is 0.273 e. The van der Waals surface area contributed by atoms with E-state index >= 15 is 0 Å². The lowest BCUT2D eigenvalue weighted by atomic mass is 9.96. The van der Waals surface area contributed by atoms with Crippen LogP contribution in [0.15, 0.2) is 48.5 Å². The summed E-state index contributed by atoms with van der Waals surface area (Å²) in [6, 6.07) is 14.2. The van der Waals surface area contributed by atoms with Crippen molar-refractivity contribution in [2.24, 2.45) is 0 Å². The maximum atomic E-state index is 13.0. The Morgan fingerprint density at radius 3 is 2.78 bits per heavy atom. The van der Waals surface area contributed by atoms with Gasteiger partial charge in [-0.05, 0) is 23.8 Å². The predicted molar refractivity (Wildman–Crippen MR) is 102 cm³/mol. The molecule has 4 rings (SSSR count). The molecular weight excluding hydrogens is 366 g/mol. The van der Waals surface area contributed by atoms with Crippen molar-refractivity contribution in [1.82, 2.24) is 15.1 Å². The van der Waals surface area contributed by atoms with Crippen LogP contribution in [0.4, 0.5) is 0 Å². The van der Waals surface area contributed by atoms with Crippen LogP contribution in [0.2, 0.25) is 5.02 Å². The summed E-state index contributed by atoms with van der Waals surface area (Å²) < 4.78 is 5.18. The molecule has 0 saturated heterocycles. The molecule has 6 nitrogen and oxygen atoms in total. The Balaban J connectivity index is 1.89. The van der Waals surface area contributed by atoms with Crippen molar-refractivity contribution in [3.05, 3.63) is 70.4 Å². The number of fused-ring (bicyclic) bond motifs is 1. The van der Waals surface area contributed by atoms with Gasteiger partial charge in [-0.15, -0.1) is 0 Å². The molecular formula is C20H18ClN3O3. The third-order valence-electron chi connectivity index (χ3n) is 4.73. The highest BCUT2D eigenvalue weighted by Crippen LogP contribution is 2.44. The number of phenolic OH excluding ortho intramolecular Hbond substituents is 1. The molecule has 1 amide bonds. The van der Waals surface area contributed by atoms with E-state index in [1.54, 1.807) is 24.1 Å². The highest BCUT2D eigenvalue weighted by atomic mass is 35.5. The molecule has 2 heterocycles. The number of benzene rings is 2. The van der Waals surface area contributed by atoms with Crippen LogP contribution in [-0.2, 0) is 4.74 Å². The Hall–Kier alpha value is -2.83. The van der Waals surface area contributed by atoms with E-state index in [0.29, 0.717) is 35.1 Å². The predicted octanol–water partition coefficient (Wildman–Crippen LogP) is 3.63. The Morgan fingerprint density at radius 1 is 1.26 bits per heavy atom. The molecule has 2 N–H and O–H groups in total. The largest absolute Gasteiger partial charge is 0.507 e. The maximum Gasteiger partial charge on any atom is 0.273 e. The SMILES string of the molecule is COCCN1C(=O)c2[nH]nc(-c3cc(Cl)ccc3O)c2C1c1ccccc1. The number of aromatic hydroxyl groups is 1. The fraction of sp³-hybridized carbons (Fsp3) is 0.200. The summed E-state index contributed by atoms with van der Waals surface area (Å²) >= 11 is 6.12. The zero-order valence-corrected chi connectivity index (χ0v) is 15.4. The number of aromatic amines is 1. The third kappa shape index (κ3) is 2.97. The number of hydrogen-bond donors (Lipinski definition) is 2. The number of nitrogens with one attached hydrogen (secondary N) is 1. The molecule has 0 radical (unpaired) electrons. The summed E-state index contributed by atoms with van der Waals surface area (Å²) in [7, 11) is 1.61. The number of aromatic nitrogens is 2. The summed E-state index contributed by atoms with van der Waals surface area (Å²) in [5.74, 6) is -0.0838. The second-order valence-electron chi connectivity index (χ2n) is 6.33. The van der Waals surface area contributed by atoms with Crippen LogP contribution in [0, 0.1) is 0 Å². The standard InChI is InChI=1S/C20H18ClN3O3/c1-27-10-9-24-19(12-5-3-2-4-6-12)16-17(22-23-18(16)20(24)26)14-11-13(21)7-8-15(14)25/h2-8,11,19,25H,9-10H2,1H3,(H,22,23). The summed E-state index contributed by atoms with van der Waals surface area (Å²) in [4.78, 5) is 14.8. The van der Waals surface area contributed by atoms with Gasteiger partial charge in [-0.25, -0.2) is 0 Å². The van der Waals surface area contributed by atoms with Gasteiger partial charge >= 0.3 is 0 Å². The fourth-order valence-electron chi connectivity index (χ4n) is 3.50. The molecule has 138 valence electrons. The summed E-state index contributed by atoms with van der Waals surface area (Å²) in [6.07, 6.45) is 0. The lowest BCUT2D eigenvalue weighted by Crippen LogP contribution is -2.32. The van der Waals surface area contributed by atoms with Gasteiger partial charge in [0, 0.05) is 29.8 Å². The van der Waals surface area contributed by atoms with Gasteiger partial charge in [0.25, 0.3) is 5.91 Å². The Bertz CT molecular complexity index is 987. The molecule has 0 fully saturated rings. The molecule has 7 heteroatoms. The van der Waals surface area contributed by atoms with E-state index in [-0.39, 0.29) is 17.7 Å². The highest BCUT2D eigenvalue weighted by molar-refractivity contribution is 6.31. The number of phenols is 1. The van der Waals surface area contributed by atoms with Gasteiger partial charge in [-0.3, -0.25) is 9.89 Å². The van der Waals surface area contributed by atoms with Crippen LogP contribution >= 0.6 is 11.6 Å². The second-order valence-corrected chi connectivity index (χ2v) is 6.76. The molecule has 0 bridgehead atoms. The summed E-state index contributed by atoms with van der Waals surface area (Å²) in [5.41, 5.74) is 3.13. The van der Waals surface area contributed by atoms with Crippen molar-refractivity contribution in [1.29, 1.82) is 0 Å². The Labute approximate surface area is 161 Å². The first-order valence-corrected chi connectivity index (χ1v) is 8.91. The average Bonchev–Trinajstić information content (AvgIpc) is 3.22. The molecule has 3 aromatic rings. The molecule has 2 aromatic carbocycles. The first-order valence-electron chi connectivity index (χ1n) is 8.53. The second kappa shape index (κ2) is 7.06. The molecule has 27 heavy (non-hydrogen) atoms. The number of H-pyrrole nitrogens is 1. The Kier molecular flexibility index (Phi) is 4.59. The van der Waals surface area contributed by atoms with Crippen molar-refractivity contribution in [3.8, 4) is 17.0 Å². The number of carbonyl (C=O) groups excluding carboxylic acids is 1. The topological polar surface area (TPSA) is 78.5 Å². The van der Waals surface area contributed by atoms with Crippen LogP contribution in [0.1, 0.15) is 27.7 Å². The number of nitrogens with zero attached hydrogens (tertiary/aromatic N) is 2. The molecule has 0 spiro atoms. The molecule has 0 saturated carbocycles. The van der Waals surface area contributed by atoms with Crippen LogP contribution in [-0.4, -0.2) is 46.4 Å². The van der Waals surface area contributed by atoms with Crippen LogP contribution < -0.4 is 0 Å². The normalized spacial score (nSPS) is 16.0. The van der Waals surface area contributed by atoms with Gasteiger partial charge in [-0.2, -0.15) is 5.10 Å². The number of rotatable bonds is 5. The third-order valence-corrected chi connectivity index (χ3v) is 4.96. The molecule has 0 aliphatic carbocycles. The minimum absolute atomic E-state index is 0.0586. The van der Waals surface area contributed by atoms with Crippen molar-refractivity contribution >= 4 is 17.5 Å². The molecule has 1 aromatic heterocycles. The lowest BCUT2D eigenvalue weighted by Gasteiger charge is -2.26. The highest BCUT2D eigenvalue weighted by Gasteiger charge is 2.42. The average molecular weight is 384 g/mol. The molecule has 1 atom stereocenters. The van der Waals surface area contributed by atoms with Gasteiger partial charge in [-0.1, -0.05) is 41.9 Å². The quantitative estimate of drug-likeness (QED) is 0.705. The van der Waals surface area contributed by atoms with Crippen LogP contribution in [0.5, 0.6) is 5.75 Å². The zero-order chi connectivity index (χ0) is 19.0. The van der Waals surface area contributed by atoms with Crippen molar-refractivity contribution < 1.29 is 14.6 Å².